The summed E-state index contributed by atoms with van der Waals surface area (Å²) >= 11 is 11.1. The summed E-state index contributed by atoms with van der Waals surface area (Å²) in [5, 5.41) is 31.1. The van der Waals surface area contributed by atoms with E-state index in [1.54, 1.807) is 0 Å². The van der Waals surface area contributed by atoms with Crippen LogP contribution >= 0.6 is 58.1 Å². The molecule has 1 radical (unpaired) electrons. The summed E-state index contributed by atoms with van der Waals surface area (Å²) in [7, 11) is -7.21. The number of hydrogen-bond donors (Lipinski definition) is 0. The fourth-order valence-electron chi connectivity index (χ4n) is 5.56. The maximum atomic E-state index is 13.0. The predicted octanol–water partition coefficient (Wildman–Crippen LogP) is 11.0. The van der Waals surface area contributed by atoms with Crippen LogP contribution in [0.1, 0.15) is 20.8 Å². The van der Waals surface area contributed by atoms with Crippen LogP contribution in [-0.4, -0.2) is 34.0 Å². The van der Waals surface area contributed by atoms with Crippen LogP contribution in [0, 0.1) is 0 Å². The van der Waals surface area contributed by atoms with Crippen LogP contribution in [0.15, 0.2) is 182 Å². The Balaban J connectivity index is 0.000000754. The van der Waals surface area contributed by atoms with Crippen LogP contribution in [0.3, 0.4) is 0 Å². The zero-order valence-electron chi connectivity index (χ0n) is 32.4. The third-order valence-electron chi connectivity index (χ3n) is 8.38. The Bertz CT molecular complexity index is 1870. The van der Waals surface area contributed by atoms with Gasteiger partial charge in [-0.25, -0.2) is 0 Å². The molecule has 0 unspecified atom stereocenters. The molecule has 58 heavy (non-hydrogen) atoms. The topological polar surface area (TPSA) is 118 Å². The molecule has 0 saturated heterocycles. The summed E-state index contributed by atoms with van der Waals surface area (Å²) in [6, 6.07) is 58.5. The van der Waals surface area contributed by atoms with Gasteiger partial charge in [-0.3, -0.25) is 0 Å². The van der Waals surface area contributed by atoms with Crippen LogP contribution < -0.4 is 31.8 Å². The Kier molecular flexibility index (Phi) is 28.8. The van der Waals surface area contributed by atoms with Gasteiger partial charge in [0.05, 0.1) is 0 Å². The van der Waals surface area contributed by atoms with Crippen LogP contribution in [0.2, 0.25) is 0 Å². The molecule has 0 amide bonds. The van der Waals surface area contributed by atoms with E-state index in [2.05, 4.69) is 36.7 Å². The van der Waals surface area contributed by atoms with Crippen molar-refractivity contribution < 1.29 is 30.8 Å². The number of thiocarbonyl (C=S) groups is 3. The van der Waals surface area contributed by atoms with Gasteiger partial charge in [-0.2, -0.15) is 15.5 Å². The minimum Gasteiger partial charge on any atom is -0.753 e. The Hall–Kier alpha value is -4.07. The zero-order chi connectivity index (χ0) is 42.4. The molecule has 6 nitrogen and oxygen atoms in total. The molecule has 0 heterocycles. The van der Waals surface area contributed by atoms with Crippen molar-refractivity contribution in [2.45, 2.75) is 20.8 Å². The van der Waals surface area contributed by atoms with E-state index < -0.39 is 21.4 Å². The van der Waals surface area contributed by atoms with Crippen molar-refractivity contribution in [1.29, 1.82) is 0 Å². The minimum atomic E-state index is -2.40. The van der Waals surface area contributed by atoms with Gasteiger partial charge in [0.2, 0.25) is 0 Å². The van der Waals surface area contributed by atoms with Crippen LogP contribution in [0.4, 0.5) is 0 Å². The normalized spacial score (nSPS) is 9.78. The number of nitrogens with zero attached hydrogens (tertiary/aromatic N) is 3. The predicted molar refractivity (Wildman–Crippen MR) is 259 cm³/mol. The molecular formula is C45H45FeN3O3P3S3. The van der Waals surface area contributed by atoms with E-state index in [0.29, 0.717) is 18.5 Å². The number of rotatable bonds is 9. The maximum absolute atomic E-state index is 13.0. The average molecular weight is 921 g/mol. The van der Waals surface area contributed by atoms with Gasteiger partial charge in [0.15, 0.2) is 0 Å². The van der Waals surface area contributed by atoms with Crippen molar-refractivity contribution in [3.8, 4) is 0 Å². The van der Waals surface area contributed by atoms with Crippen LogP contribution in [-0.2, 0) is 30.8 Å². The van der Waals surface area contributed by atoms with E-state index in [-0.39, 0.29) is 17.1 Å². The Morgan fingerprint density at radius 1 is 0.345 bits per heavy atom. The van der Waals surface area contributed by atoms with E-state index in [1.807, 2.05) is 203 Å². The summed E-state index contributed by atoms with van der Waals surface area (Å²) in [4.78, 5) is 0. The summed E-state index contributed by atoms with van der Waals surface area (Å²) < 4.78 is 39.0. The van der Waals surface area contributed by atoms with E-state index in [4.69, 9.17) is 16.2 Å². The van der Waals surface area contributed by atoms with Crippen molar-refractivity contribution in [3.63, 3.8) is 0 Å². The van der Waals surface area contributed by atoms with Crippen LogP contribution in [0.25, 0.3) is 16.2 Å². The minimum absolute atomic E-state index is 0. The molecule has 0 fully saturated rings. The van der Waals surface area contributed by atoms with E-state index >= 15 is 0 Å². The van der Waals surface area contributed by atoms with Gasteiger partial charge in [-0.15, -0.1) is 0 Å². The molecule has 13 heteroatoms. The van der Waals surface area contributed by atoms with Crippen LogP contribution in [0.5, 0.6) is 0 Å². The smallest absolute Gasteiger partial charge is 0.753 e. The van der Waals surface area contributed by atoms with E-state index in [1.165, 1.54) is 15.5 Å². The third-order valence-corrected chi connectivity index (χ3v) is 17.8. The van der Waals surface area contributed by atoms with Gasteiger partial charge in [-0.05, 0) is 0 Å². The second-order valence-corrected chi connectivity index (χ2v) is 21.4. The molecule has 0 aliphatic heterocycles. The molecule has 0 aromatic heterocycles. The van der Waals surface area contributed by atoms with Crippen molar-refractivity contribution in [2.75, 3.05) is 18.5 Å². The molecule has 0 atom stereocenters. The number of benzene rings is 6. The first-order valence-electron chi connectivity index (χ1n) is 17.7. The zero-order valence-corrected chi connectivity index (χ0v) is 38.7. The molecule has 0 N–H and O–H groups in total. The van der Waals surface area contributed by atoms with Gasteiger partial charge < -0.3 is 29.9 Å². The first-order valence-corrected chi connectivity index (χ1v) is 24.6. The standard InChI is InChI=1S/3C14H15OP.3CNS.Fe/c3*1-2-16(15,13-9-5-3-6-10-13)14-11-7-4-8-12-14;3*2-1-3;/h3*3-12H,2H2,1H3;;;;/q;;;3*-1;+3. The molecule has 0 aliphatic rings. The average Bonchev–Trinajstić information content (AvgIpc) is 3.28. The molecule has 6 aromatic carbocycles. The van der Waals surface area contributed by atoms with Gasteiger partial charge in [0.25, 0.3) is 0 Å². The van der Waals surface area contributed by atoms with Crippen molar-refractivity contribution in [2.24, 2.45) is 0 Å². The third kappa shape index (κ3) is 17.0. The number of isothiocyanates is 3. The van der Waals surface area contributed by atoms with Crippen molar-refractivity contribution in [1.82, 2.24) is 0 Å². The van der Waals surface area contributed by atoms with Crippen molar-refractivity contribution >= 4 is 105 Å². The SMILES string of the molecule is CCP(=O)(c1ccccc1)c1ccccc1.CCP(=O)(c1ccccc1)c1ccccc1.CCP(=O)(c1ccccc1)c1ccccc1.[Fe+3].[N-]=C=S.[N-]=C=S.[N-]=C=S. The molecular weight excluding hydrogens is 875 g/mol. The summed E-state index contributed by atoms with van der Waals surface area (Å²) in [6.45, 7) is 5.96. The molecule has 0 bridgehead atoms. The van der Waals surface area contributed by atoms with Gasteiger partial charge >= 0.3 is 17.1 Å². The molecule has 0 spiro atoms. The molecule has 0 saturated carbocycles. The second-order valence-electron chi connectivity index (χ2n) is 11.5. The number of hydrogen-bond acceptors (Lipinski definition) is 6. The van der Waals surface area contributed by atoms with Gasteiger partial charge in [-0.1, -0.05) is 239 Å². The molecule has 6 rings (SSSR count). The fraction of sp³-hybridized carbons (Fsp3) is 0.133. The summed E-state index contributed by atoms with van der Waals surface area (Å²) in [5.74, 6) is 0. The fourth-order valence-corrected chi connectivity index (χ4v) is 12.6. The van der Waals surface area contributed by atoms with Gasteiger partial charge in [0.1, 0.15) is 21.4 Å². The molecule has 6 aromatic rings. The van der Waals surface area contributed by atoms with Gasteiger partial charge in [0, 0.05) is 50.3 Å². The molecule has 299 valence electrons. The monoisotopic (exact) mass is 920 g/mol. The van der Waals surface area contributed by atoms with E-state index in [0.717, 1.165) is 31.8 Å². The summed E-state index contributed by atoms with van der Waals surface area (Å²) in [6.07, 6.45) is 2.00. The first-order chi connectivity index (χ1) is 27.6. The molecule has 0 aliphatic carbocycles. The Morgan fingerprint density at radius 2 is 0.448 bits per heavy atom. The maximum Gasteiger partial charge on any atom is 3.00 e. The Labute approximate surface area is 371 Å². The first kappa shape index (κ1) is 53.9. The summed E-state index contributed by atoms with van der Waals surface area (Å²) in [5.41, 5.74) is 0. The van der Waals surface area contributed by atoms with Crippen molar-refractivity contribution in [3.05, 3.63) is 198 Å². The Morgan fingerprint density at radius 3 is 0.534 bits per heavy atom. The second kappa shape index (κ2) is 30.9. The largest absolute Gasteiger partial charge is 3.00 e. The van der Waals surface area contributed by atoms with E-state index in [9.17, 15) is 13.7 Å². The quantitative estimate of drug-likeness (QED) is 0.0617.